The van der Waals surface area contributed by atoms with Gasteiger partial charge in [-0.05, 0) is 37.5 Å². The van der Waals surface area contributed by atoms with E-state index < -0.39 is 0 Å². The first kappa shape index (κ1) is 15.0. The summed E-state index contributed by atoms with van der Waals surface area (Å²) in [4.78, 5) is 0. The van der Waals surface area contributed by atoms with E-state index in [1.165, 1.54) is 11.1 Å². The van der Waals surface area contributed by atoms with Gasteiger partial charge in [-0.3, -0.25) is 0 Å². The van der Waals surface area contributed by atoms with E-state index >= 15 is 0 Å². The van der Waals surface area contributed by atoms with Crippen molar-refractivity contribution in [3.8, 4) is 5.75 Å². The number of fused-ring (bicyclic) bond motifs is 1. The van der Waals surface area contributed by atoms with Gasteiger partial charge in [0.25, 0.3) is 0 Å². The molecule has 5 nitrogen and oxygen atoms in total. The Kier molecular flexibility index (Phi) is 3.91. The van der Waals surface area contributed by atoms with Gasteiger partial charge in [-0.1, -0.05) is 19.1 Å². The van der Waals surface area contributed by atoms with Crippen molar-refractivity contribution < 1.29 is 4.74 Å². The molecule has 0 amide bonds. The van der Waals surface area contributed by atoms with Crippen molar-refractivity contribution in [3.63, 3.8) is 0 Å². The maximum atomic E-state index is 5.96. The molecule has 0 fully saturated rings. The summed E-state index contributed by atoms with van der Waals surface area (Å²) in [6, 6.07) is 6.86. The fraction of sp³-hybridized carbons (Fsp3) is 0.529. The van der Waals surface area contributed by atoms with Crippen LogP contribution in [0.25, 0.3) is 0 Å². The van der Waals surface area contributed by atoms with Crippen LogP contribution in [0.3, 0.4) is 0 Å². The van der Waals surface area contributed by atoms with Crippen LogP contribution in [0.15, 0.2) is 24.5 Å². The minimum absolute atomic E-state index is 0.0886. The zero-order chi connectivity index (χ0) is 15.7. The van der Waals surface area contributed by atoms with Gasteiger partial charge in [-0.15, -0.1) is 10.2 Å². The van der Waals surface area contributed by atoms with Crippen LogP contribution in [-0.2, 0) is 20.0 Å². The van der Waals surface area contributed by atoms with Gasteiger partial charge in [-0.25, -0.2) is 0 Å². The van der Waals surface area contributed by atoms with E-state index in [1.54, 1.807) is 6.33 Å². The number of benzene rings is 1. The number of hydrogen-bond acceptors (Lipinski definition) is 4. The van der Waals surface area contributed by atoms with Crippen LogP contribution in [0, 0.1) is 0 Å². The Bertz CT molecular complexity index is 662. The molecule has 0 spiro atoms. The molecule has 0 bridgehead atoms. The number of hydrogen-bond donors (Lipinski definition) is 1. The lowest BCUT2D eigenvalue weighted by Gasteiger charge is -2.18. The summed E-state index contributed by atoms with van der Waals surface area (Å²) in [5.41, 5.74) is 2.53. The maximum absolute atomic E-state index is 5.96. The van der Waals surface area contributed by atoms with Gasteiger partial charge in [0.05, 0.1) is 6.54 Å². The fourth-order valence-corrected chi connectivity index (χ4v) is 3.03. The third-order valence-electron chi connectivity index (χ3n) is 4.21. The van der Waals surface area contributed by atoms with Gasteiger partial charge >= 0.3 is 0 Å². The van der Waals surface area contributed by atoms with E-state index in [9.17, 15) is 0 Å². The van der Waals surface area contributed by atoms with Crippen molar-refractivity contribution in [2.45, 2.75) is 51.8 Å². The van der Waals surface area contributed by atoms with Crippen molar-refractivity contribution in [2.24, 2.45) is 7.05 Å². The molecule has 5 heteroatoms. The summed E-state index contributed by atoms with van der Waals surface area (Å²) in [6.45, 7) is 7.18. The fourth-order valence-electron chi connectivity index (χ4n) is 3.03. The van der Waals surface area contributed by atoms with Gasteiger partial charge in [0.2, 0.25) is 0 Å². The third-order valence-corrected chi connectivity index (χ3v) is 4.21. The first-order chi connectivity index (χ1) is 10.5. The Morgan fingerprint density at radius 3 is 2.91 bits per heavy atom. The molecule has 1 aliphatic heterocycles. The minimum Gasteiger partial charge on any atom is -0.487 e. The summed E-state index contributed by atoms with van der Waals surface area (Å²) < 4.78 is 7.90. The van der Waals surface area contributed by atoms with Crippen LogP contribution in [0.1, 0.15) is 50.2 Å². The summed E-state index contributed by atoms with van der Waals surface area (Å²) >= 11 is 0. The predicted octanol–water partition coefficient (Wildman–Crippen LogP) is 2.77. The van der Waals surface area contributed by atoms with Crippen molar-refractivity contribution in [3.05, 3.63) is 41.5 Å². The molecule has 0 saturated carbocycles. The summed E-state index contributed by atoms with van der Waals surface area (Å²) in [7, 11) is 1.97. The first-order valence-corrected chi connectivity index (χ1v) is 7.86. The second kappa shape index (κ2) is 5.72. The second-order valence-electron chi connectivity index (χ2n) is 6.61. The molecule has 2 heterocycles. The molecule has 3 rings (SSSR count). The SMILES string of the molecule is CCC(NCc1nncn1C)c1ccc2c(c1)CC(C)(C)O2. The Morgan fingerprint density at radius 2 is 2.23 bits per heavy atom. The highest BCUT2D eigenvalue weighted by molar-refractivity contribution is 5.42. The molecule has 2 aromatic rings. The molecular formula is C17H24N4O. The minimum atomic E-state index is -0.0886. The average molecular weight is 300 g/mol. The molecule has 0 saturated heterocycles. The third kappa shape index (κ3) is 2.99. The van der Waals surface area contributed by atoms with E-state index in [4.69, 9.17) is 4.74 Å². The number of ether oxygens (including phenoxy) is 1. The zero-order valence-corrected chi connectivity index (χ0v) is 13.8. The molecule has 1 aromatic carbocycles. The van der Waals surface area contributed by atoms with Crippen LogP contribution in [0.2, 0.25) is 0 Å². The summed E-state index contributed by atoms with van der Waals surface area (Å²) in [5, 5.41) is 11.6. The van der Waals surface area contributed by atoms with E-state index in [-0.39, 0.29) is 5.60 Å². The first-order valence-electron chi connectivity index (χ1n) is 7.86. The van der Waals surface area contributed by atoms with Crippen LogP contribution in [-0.4, -0.2) is 20.4 Å². The number of aromatic nitrogens is 3. The van der Waals surface area contributed by atoms with Crippen LogP contribution in [0.4, 0.5) is 0 Å². The molecular weight excluding hydrogens is 276 g/mol. The van der Waals surface area contributed by atoms with Gasteiger partial charge < -0.3 is 14.6 Å². The molecule has 0 aliphatic carbocycles. The molecule has 1 unspecified atom stereocenters. The van der Waals surface area contributed by atoms with Gasteiger partial charge in [0, 0.05) is 19.5 Å². The number of nitrogens with zero attached hydrogens (tertiary/aromatic N) is 3. The van der Waals surface area contributed by atoms with E-state index in [1.807, 2.05) is 11.6 Å². The maximum Gasteiger partial charge on any atom is 0.146 e. The van der Waals surface area contributed by atoms with Crippen LogP contribution in [0.5, 0.6) is 5.75 Å². The van der Waals surface area contributed by atoms with Gasteiger partial charge in [0.1, 0.15) is 23.5 Å². The summed E-state index contributed by atoms with van der Waals surface area (Å²) in [6.07, 6.45) is 3.73. The van der Waals surface area contributed by atoms with Gasteiger partial charge in [0.15, 0.2) is 0 Å². The molecule has 22 heavy (non-hydrogen) atoms. The normalized spacial score (nSPS) is 17.1. The molecule has 118 valence electrons. The Hall–Kier alpha value is -1.88. The van der Waals surface area contributed by atoms with Gasteiger partial charge in [-0.2, -0.15) is 0 Å². The zero-order valence-electron chi connectivity index (χ0n) is 13.8. The van der Waals surface area contributed by atoms with Crippen molar-refractivity contribution in [1.82, 2.24) is 20.1 Å². The summed E-state index contributed by atoms with van der Waals surface area (Å²) in [5.74, 6) is 1.97. The largest absolute Gasteiger partial charge is 0.487 e. The molecule has 1 aromatic heterocycles. The molecule has 1 N–H and O–H groups in total. The lowest BCUT2D eigenvalue weighted by Crippen LogP contribution is -2.24. The Morgan fingerprint density at radius 1 is 1.41 bits per heavy atom. The smallest absolute Gasteiger partial charge is 0.146 e. The highest BCUT2D eigenvalue weighted by Gasteiger charge is 2.30. The van der Waals surface area contributed by atoms with E-state index in [0.717, 1.165) is 24.4 Å². The Labute approximate surface area is 131 Å². The van der Waals surface area contributed by atoms with Crippen molar-refractivity contribution in [2.75, 3.05) is 0 Å². The average Bonchev–Trinajstić information content (AvgIpc) is 3.00. The molecule has 0 radical (unpaired) electrons. The van der Waals surface area contributed by atoms with Crippen LogP contribution < -0.4 is 10.1 Å². The molecule has 1 atom stereocenters. The van der Waals surface area contributed by atoms with E-state index in [2.05, 4.69) is 54.5 Å². The monoisotopic (exact) mass is 300 g/mol. The highest BCUT2D eigenvalue weighted by atomic mass is 16.5. The van der Waals surface area contributed by atoms with Crippen molar-refractivity contribution in [1.29, 1.82) is 0 Å². The van der Waals surface area contributed by atoms with Crippen LogP contribution >= 0.6 is 0 Å². The number of nitrogens with one attached hydrogen (secondary N) is 1. The quantitative estimate of drug-likeness (QED) is 0.922. The second-order valence-corrected chi connectivity index (χ2v) is 6.61. The lowest BCUT2D eigenvalue weighted by molar-refractivity contribution is 0.138. The Balaban J connectivity index is 1.73. The topological polar surface area (TPSA) is 52.0 Å². The lowest BCUT2D eigenvalue weighted by atomic mass is 9.97. The number of aryl methyl sites for hydroxylation is 1. The van der Waals surface area contributed by atoms with E-state index in [0.29, 0.717) is 12.6 Å². The predicted molar refractivity (Wildman–Crippen MR) is 85.7 cm³/mol. The standard InChI is InChI=1S/C17H24N4O/c1-5-14(18-10-16-20-19-11-21(16)4)12-6-7-15-13(8-12)9-17(2,3)22-15/h6-8,11,14,18H,5,9-10H2,1-4H3. The van der Waals surface area contributed by atoms with Crippen molar-refractivity contribution >= 4 is 0 Å². The number of rotatable bonds is 5. The molecule has 1 aliphatic rings. The highest BCUT2D eigenvalue weighted by Crippen LogP contribution is 2.36.